The molecule has 2 aromatic carbocycles. The number of carbonyl (C=O) groups is 2. The van der Waals surface area contributed by atoms with Crippen molar-refractivity contribution in [1.29, 1.82) is 0 Å². The molecule has 1 amide bonds. The van der Waals surface area contributed by atoms with Crippen LogP contribution in [0.2, 0.25) is 0 Å². The Morgan fingerprint density at radius 2 is 1.88 bits per heavy atom. The average Bonchev–Trinajstić information content (AvgIpc) is 3.06. The van der Waals surface area contributed by atoms with Crippen LogP contribution in [0.3, 0.4) is 0 Å². The van der Waals surface area contributed by atoms with Crippen molar-refractivity contribution in [2.75, 3.05) is 12.0 Å². The zero-order valence-corrected chi connectivity index (χ0v) is 17.2. The maximum absolute atomic E-state index is 14.6. The van der Waals surface area contributed by atoms with Crippen molar-refractivity contribution < 1.29 is 28.2 Å². The number of benzene rings is 2. The SMILES string of the molecule is COc1ccc(C)cc1/C(O)=C1\C(=O)C(=O)N(c2cc(F)ccc2F)C1c1ccccn1. The van der Waals surface area contributed by atoms with Gasteiger partial charge in [-0.1, -0.05) is 17.7 Å². The summed E-state index contributed by atoms with van der Waals surface area (Å²) in [5.74, 6) is -4.08. The molecule has 8 heteroatoms. The summed E-state index contributed by atoms with van der Waals surface area (Å²) in [6.07, 6.45) is 1.44. The monoisotopic (exact) mass is 436 g/mol. The van der Waals surface area contributed by atoms with Gasteiger partial charge in [-0.2, -0.15) is 0 Å². The number of halogens is 2. The Morgan fingerprint density at radius 1 is 1.09 bits per heavy atom. The van der Waals surface area contributed by atoms with Gasteiger partial charge < -0.3 is 9.84 Å². The molecular weight excluding hydrogens is 418 g/mol. The van der Waals surface area contributed by atoms with Crippen LogP contribution < -0.4 is 9.64 Å². The van der Waals surface area contributed by atoms with Gasteiger partial charge in [-0.05, 0) is 43.3 Å². The number of aryl methyl sites for hydroxylation is 1. The number of amides is 1. The van der Waals surface area contributed by atoms with Crippen LogP contribution in [0.5, 0.6) is 5.75 Å². The van der Waals surface area contributed by atoms with Crippen LogP contribution in [0.4, 0.5) is 14.5 Å². The number of Topliss-reactive ketones (excluding diaryl/α,β-unsaturated/α-hetero) is 1. The van der Waals surface area contributed by atoms with Gasteiger partial charge in [0.2, 0.25) is 0 Å². The first-order valence-corrected chi connectivity index (χ1v) is 9.65. The van der Waals surface area contributed by atoms with Crippen LogP contribution in [0, 0.1) is 18.6 Å². The third kappa shape index (κ3) is 3.49. The molecule has 1 fully saturated rings. The van der Waals surface area contributed by atoms with Gasteiger partial charge in [-0.3, -0.25) is 19.5 Å². The van der Waals surface area contributed by atoms with Crippen molar-refractivity contribution in [3.63, 3.8) is 0 Å². The van der Waals surface area contributed by atoms with E-state index in [1.54, 1.807) is 37.3 Å². The number of aliphatic hydroxyl groups excluding tert-OH is 1. The molecule has 0 saturated carbocycles. The first-order chi connectivity index (χ1) is 15.3. The average molecular weight is 436 g/mol. The van der Waals surface area contributed by atoms with Crippen molar-refractivity contribution in [3.05, 3.63) is 94.8 Å². The van der Waals surface area contributed by atoms with Gasteiger partial charge in [0.05, 0.1) is 29.6 Å². The van der Waals surface area contributed by atoms with E-state index in [1.165, 1.54) is 19.4 Å². The van der Waals surface area contributed by atoms with E-state index in [-0.39, 0.29) is 22.6 Å². The second-order valence-electron chi connectivity index (χ2n) is 7.22. The molecule has 1 N–H and O–H groups in total. The predicted molar refractivity (Wildman–Crippen MR) is 113 cm³/mol. The minimum atomic E-state index is -1.28. The molecule has 1 unspecified atom stereocenters. The first-order valence-electron chi connectivity index (χ1n) is 9.65. The Balaban J connectivity index is 2.01. The smallest absolute Gasteiger partial charge is 0.300 e. The molecule has 6 nitrogen and oxygen atoms in total. The molecule has 1 atom stereocenters. The summed E-state index contributed by atoms with van der Waals surface area (Å²) in [6, 6.07) is 11.1. The van der Waals surface area contributed by atoms with E-state index in [2.05, 4.69) is 4.98 Å². The Bertz CT molecular complexity index is 1260. The van der Waals surface area contributed by atoms with Crippen molar-refractivity contribution in [2.24, 2.45) is 0 Å². The zero-order chi connectivity index (χ0) is 23.0. The molecule has 1 aliphatic heterocycles. The van der Waals surface area contributed by atoms with Crippen molar-refractivity contribution in [1.82, 2.24) is 4.98 Å². The number of anilines is 1. The van der Waals surface area contributed by atoms with Crippen molar-refractivity contribution in [3.8, 4) is 5.75 Å². The lowest BCUT2D eigenvalue weighted by molar-refractivity contribution is -0.132. The molecule has 0 aliphatic carbocycles. The highest BCUT2D eigenvalue weighted by Gasteiger charge is 2.48. The largest absolute Gasteiger partial charge is 0.507 e. The Labute approximate surface area is 182 Å². The minimum Gasteiger partial charge on any atom is -0.507 e. The number of carbonyl (C=O) groups excluding carboxylic acids is 2. The van der Waals surface area contributed by atoms with Crippen molar-refractivity contribution in [2.45, 2.75) is 13.0 Å². The number of hydrogen-bond donors (Lipinski definition) is 1. The number of hydrogen-bond acceptors (Lipinski definition) is 5. The molecule has 0 radical (unpaired) electrons. The van der Waals surface area contributed by atoms with Crippen LogP contribution in [0.15, 0.2) is 66.4 Å². The Kier molecular flexibility index (Phi) is 5.44. The number of rotatable bonds is 4. The summed E-state index contributed by atoms with van der Waals surface area (Å²) in [4.78, 5) is 31.1. The van der Waals surface area contributed by atoms with Gasteiger partial charge in [0, 0.05) is 12.3 Å². The van der Waals surface area contributed by atoms with E-state index in [9.17, 15) is 23.5 Å². The number of aromatic nitrogens is 1. The standard InChI is InChI=1S/C24H18F2N2O4/c1-13-6-9-19(32-2)15(11-13)22(29)20-21(17-5-3-4-10-27-17)28(24(31)23(20)30)18-12-14(25)7-8-16(18)26/h3-12,21,29H,1-2H3/b22-20+. The lowest BCUT2D eigenvalue weighted by Gasteiger charge is -2.25. The maximum atomic E-state index is 14.6. The lowest BCUT2D eigenvalue weighted by Crippen LogP contribution is -2.30. The van der Waals surface area contributed by atoms with Crippen LogP contribution in [-0.4, -0.2) is 28.9 Å². The number of nitrogens with zero attached hydrogens (tertiary/aromatic N) is 2. The third-order valence-electron chi connectivity index (χ3n) is 5.19. The van der Waals surface area contributed by atoms with E-state index < -0.39 is 40.8 Å². The fraction of sp³-hybridized carbons (Fsp3) is 0.125. The topological polar surface area (TPSA) is 79.7 Å². The second-order valence-corrected chi connectivity index (χ2v) is 7.22. The van der Waals surface area contributed by atoms with Crippen LogP contribution >= 0.6 is 0 Å². The van der Waals surface area contributed by atoms with Gasteiger partial charge in [0.15, 0.2) is 0 Å². The predicted octanol–water partition coefficient (Wildman–Crippen LogP) is 4.30. The highest BCUT2D eigenvalue weighted by Crippen LogP contribution is 2.43. The highest BCUT2D eigenvalue weighted by atomic mass is 19.1. The number of methoxy groups -OCH3 is 1. The van der Waals surface area contributed by atoms with Crippen molar-refractivity contribution >= 4 is 23.1 Å². The Morgan fingerprint density at radius 3 is 2.56 bits per heavy atom. The molecule has 1 aliphatic rings. The molecule has 0 bridgehead atoms. The molecular formula is C24H18F2N2O4. The fourth-order valence-corrected chi connectivity index (χ4v) is 3.72. The number of aliphatic hydroxyl groups is 1. The van der Waals surface area contributed by atoms with E-state index in [0.29, 0.717) is 0 Å². The third-order valence-corrected chi connectivity index (χ3v) is 5.19. The summed E-state index contributed by atoms with van der Waals surface area (Å²) < 4.78 is 33.9. The molecule has 4 rings (SSSR count). The number of ether oxygens (including phenoxy) is 1. The fourth-order valence-electron chi connectivity index (χ4n) is 3.72. The normalized spacial score (nSPS) is 17.6. The number of ketones is 1. The molecule has 1 saturated heterocycles. The summed E-state index contributed by atoms with van der Waals surface area (Å²) in [5, 5.41) is 11.2. The molecule has 2 heterocycles. The maximum Gasteiger partial charge on any atom is 0.300 e. The summed E-state index contributed by atoms with van der Waals surface area (Å²) in [6.45, 7) is 1.78. The molecule has 0 spiro atoms. The van der Waals surface area contributed by atoms with Crippen LogP contribution in [-0.2, 0) is 9.59 Å². The molecule has 32 heavy (non-hydrogen) atoms. The summed E-state index contributed by atoms with van der Waals surface area (Å²) in [7, 11) is 1.40. The van der Waals surface area contributed by atoms with Gasteiger partial charge in [0.1, 0.15) is 29.2 Å². The second kappa shape index (κ2) is 8.22. The lowest BCUT2D eigenvalue weighted by atomic mass is 9.97. The quantitative estimate of drug-likeness (QED) is 0.375. The molecule has 1 aromatic heterocycles. The van der Waals surface area contributed by atoms with Gasteiger partial charge in [-0.25, -0.2) is 8.78 Å². The van der Waals surface area contributed by atoms with Gasteiger partial charge >= 0.3 is 0 Å². The van der Waals surface area contributed by atoms with Gasteiger partial charge in [0.25, 0.3) is 11.7 Å². The summed E-state index contributed by atoms with van der Waals surface area (Å²) >= 11 is 0. The van der Waals surface area contributed by atoms with Crippen LogP contribution in [0.1, 0.15) is 22.9 Å². The number of pyridine rings is 1. The van der Waals surface area contributed by atoms with E-state index in [0.717, 1.165) is 28.7 Å². The summed E-state index contributed by atoms with van der Waals surface area (Å²) in [5.41, 5.74) is 0.418. The highest BCUT2D eigenvalue weighted by molar-refractivity contribution is 6.51. The Hall–Kier alpha value is -4.07. The molecule has 3 aromatic rings. The minimum absolute atomic E-state index is 0.186. The van der Waals surface area contributed by atoms with Crippen LogP contribution in [0.25, 0.3) is 5.76 Å². The van der Waals surface area contributed by atoms with E-state index in [1.807, 2.05) is 0 Å². The van der Waals surface area contributed by atoms with E-state index >= 15 is 0 Å². The van der Waals surface area contributed by atoms with E-state index in [4.69, 9.17) is 4.74 Å². The zero-order valence-electron chi connectivity index (χ0n) is 17.2. The van der Waals surface area contributed by atoms with Gasteiger partial charge in [-0.15, -0.1) is 0 Å². The first kappa shape index (κ1) is 21.2. The molecule has 162 valence electrons.